The summed E-state index contributed by atoms with van der Waals surface area (Å²) in [6, 6.07) is 8.28. The molecule has 2 aliphatic rings. The van der Waals surface area contributed by atoms with E-state index < -0.39 is 0 Å². The maximum absolute atomic E-state index is 13.9. The fourth-order valence-corrected chi connectivity index (χ4v) is 4.61. The number of hydrogen-bond donors (Lipinski definition) is 1. The molecule has 2 saturated heterocycles. The van der Waals surface area contributed by atoms with Gasteiger partial charge in [0.15, 0.2) is 0 Å². The summed E-state index contributed by atoms with van der Waals surface area (Å²) in [6.07, 6.45) is 0. The van der Waals surface area contributed by atoms with Crippen LogP contribution in [0, 0.1) is 24.6 Å². The van der Waals surface area contributed by atoms with Crippen LogP contribution in [0.15, 0.2) is 30.3 Å². The van der Waals surface area contributed by atoms with Gasteiger partial charge in [-0.25, -0.2) is 9.37 Å². The number of anilines is 2. The molecule has 1 N–H and O–H groups in total. The molecule has 7 nitrogen and oxygen atoms in total. The van der Waals surface area contributed by atoms with Crippen LogP contribution in [0.1, 0.15) is 17.3 Å². The highest BCUT2D eigenvalue weighted by Gasteiger charge is 2.49. The number of ether oxygens (including phenoxy) is 1. The van der Waals surface area contributed by atoms with Crippen LogP contribution in [-0.4, -0.2) is 61.2 Å². The number of fused-ring (bicyclic) bond motifs is 1. The zero-order valence-corrected chi connectivity index (χ0v) is 16.9. The average molecular weight is 399 g/mol. The van der Waals surface area contributed by atoms with Crippen molar-refractivity contribution < 1.29 is 13.9 Å². The predicted molar refractivity (Wildman–Crippen MR) is 108 cm³/mol. The Kier molecular flexibility index (Phi) is 5.36. The number of halogens is 1. The van der Waals surface area contributed by atoms with Gasteiger partial charge in [0, 0.05) is 57.4 Å². The molecular formula is C21H26FN5O2. The van der Waals surface area contributed by atoms with Crippen LogP contribution in [0.2, 0.25) is 0 Å². The molecule has 3 atom stereocenters. The van der Waals surface area contributed by atoms with Gasteiger partial charge in [-0.05, 0) is 24.6 Å². The molecule has 0 spiro atoms. The van der Waals surface area contributed by atoms with Crippen LogP contribution in [0.5, 0.6) is 0 Å². The number of amides is 1. The van der Waals surface area contributed by atoms with E-state index in [-0.39, 0.29) is 36.2 Å². The van der Waals surface area contributed by atoms with E-state index in [1.54, 1.807) is 6.07 Å². The van der Waals surface area contributed by atoms with Crippen molar-refractivity contribution in [2.45, 2.75) is 13.0 Å². The summed E-state index contributed by atoms with van der Waals surface area (Å²) in [6.45, 7) is 4.08. The minimum Gasteiger partial charge on any atom is -0.375 e. The van der Waals surface area contributed by atoms with Crippen LogP contribution in [-0.2, 0) is 9.53 Å². The number of nitrogens with one attached hydrogen (secondary N) is 1. The lowest BCUT2D eigenvalue weighted by atomic mass is 9.89. The number of hydrogen-bond acceptors (Lipinski definition) is 6. The van der Waals surface area contributed by atoms with Gasteiger partial charge < -0.3 is 19.9 Å². The molecule has 0 radical (unpaired) electrons. The summed E-state index contributed by atoms with van der Waals surface area (Å²) in [7, 11) is 3.35. The van der Waals surface area contributed by atoms with E-state index in [0.29, 0.717) is 12.5 Å². The Morgan fingerprint density at radius 1 is 1.28 bits per heavy atom. The van der Waals surface area contributed by atoms with Crippen molar-refractivity contribution in [1.82, 2.24) is 14.9 Å². The third-order valence-electron chi connectivity index (χ3n) is 5.82. The van der Waals surface area contributed by atoms with Crippen LogP contribution in [0.4, 0.5) is 16.2 Å². The SMILES string of the molecule is CNc1cc(C)nc(N2C[C@@H]3CN(C(=O)COC)[C@@H](c4cccc(F)c4)[C@@H]3C2)n1. The second-order valence-corrected chi connectivity index (χ2v) is 7.75. The zero-order chi connectivity index (χ0) is 20.5. The molecule has 1 aromatic carbocycles. The maximum atomic E-state index is 13.9. The molecule has 0 saturated carbocycles. The van der Waals surface area contributed by atoms with Crippen molar-refractivity contribution in [3.05, 3.63) is 47.4 Å². The van der Waals surface area contributed by atoms with E-state index in [4.69, 9.17) is 4.74 Å². The highest BCUT2D eigenvalue weighted by molar-refractivity contribution is 5.78. The fourth-order valence-electron chi connectivity index (χ4n) is 4.61. The van der Waals surface area contributed by atoms with Gasteiger partial charge in [-0.2, -0.15) is 4.98 Å². The minimum absolute atomic E-state index is 0.0293. The van der Waals surface area contributed by atoms with Gasteiger partial charge in [0.1, 0.15) is 18.2 Å². The van der Waals surface area contributed by atoms with Gasteiger partial charge in [-0.1, -0.05) is 12.1 Å². The van der Waals surface area contributed by atoms with Crippen LogP contribution in [0.25, 0.3) is 0 Å². The van der Waals surface area contributed by atoms with Gasteiger partial charge in [-0.15, -0.1) is 0 Å². The minimum atomic E-state index is -0.291. The lowest BCUT2D eigenvalue weighted by molar-refractivity contribution is -0.136. The average Bonchev–Trinajstić information content (AvgIpc) is 3.25. The number of carbonyl (C=O) groups is 1. The van der Waals surface area contributed by atoms with Crippen LogP contribution in [0.3, 0.4) is 0 Å². The number of likely N-dealkylation sites (tertiary alicyclic amines) is 1. The lowest BCUT2D eigenvalue weighted by Gasteiger charge is -2.30. The van der Waals surface area contributed by atoms with Crippen molar-refractivity contribution in [3.63, 3.8) is 0 Å². The number of rotatable bonds is 5. The molecule has 2 aromatic rings. The summed E-state index contributed by atoms with van der Waals surface area (Å²) in [4.78, 5) is 25.9. The Morgan fingerprint density at radius 3 is 2.83 bits per heavy atom. The van der Waals surface area contributed by atoms with Crippen molar-refractivity contribution in [2.24, 2.45) is 11.8 Å². The number of aryl methyl sites for hydroxylation is 1. The fraction of sp³-hybridized carbons (Fsp3) is 0.476. The first kappa shape index (κ1) is 19.6. The molecule has 3 heterocycles. The van der Waals surface area contributed by atoms with Gasteiger partial charge in [0.2, 0.25) is 11.9 Å². The first-order chi connectivity index (χ1) is 14.0. The Hall–Kier alpha value is -2.74. The zero-order valence-electron chi connectivity index (χ0n) is 16.9. The van der Waals surface area contributed by atoms with Crippen molar-refractivity contribution in [1.29, 1.82) is 0 Å². The molecule has 0 bridgehead atoms. The van der Waals surface area contributed by atoms with E-state index in [1.165, 1.54) is 19.2 Å². The molecule has 8 heteroatoms. The van der Waals surface area contributed by atoms with E-state index in [1.807, 2.05) is 31.0 Å². The second-order valence-electron chi connectivity index (χ2n) is 7.75. The molecule has 4 rings (SSSR count). The maximum Gasteiger partial charge on any atom is 0.249 e. The number of methoxy groups -OCH3 is 1. The van der Waals surface area contributed by atoms with Gasteiger partial charge in [0.25, 0.3) is 0 Å². The third-order valence-corrected chi connectivity index (χ3v) is 5.82. The molecule has 29 heavy (non-hydrogen) atoms. The van der Waals surface area contributed by atoms with E-state index in [0.717, 1.165) is 30.2 Å². The molecule has 1 amide bonds. The van der Waals surface area contributed by atoms with Gasteiger partial charge >= 0.3 is 0 Å². The summed E-state index contributed by atoms with van der Waals surface area (Å²) < 4.78 is 19.0. The Balaban J connectivity index is 1.63. The quantitative estimate of drug-likeness (QED) is 0.832. The largest absolute Gasteiger partial charge is 0.375 e. The monoisotopic (exact) mass is 399 g/mol. The first-order valence-corrected chi connectivity index (χ1v) is 9.82. The summed E-state index contributed by atoms with van der Waals surface area (Å²) in [5, 5.41) is 3.07. The lowest BCUT2D eigenvalue weighted by Crippen LogP contribution is -2.38. The number of carbonyl (C=O) groups excluding carboxylic acids is 1. The molecular weight excluding hydrogens is 373 g/mol. The first-order valence-electron chi connectivity index (χ1n) is 9.82. The normalized spacial score (nSPS) is 23.4. The molecule has 2 fully saturated rings. The standard InChI is InChI=1S/C21H26FN5O2/c1-13-7-18(23-2)25-21(24-13)26-9-15-10-27(19(28)12-29-3)20(17(15)11-26)14-5-4-6-16(22)8-14/h4-8,15,17,20H,9-12H2,1-3H3,(H,23,24,25)/t15-,17-,20+/m1/s1. The molecule has 154 valence electrons. The van der Waals surface area contributed by atoms with E-state index in [2.05, 4.69) is 20.2 Å². The predicted octanol–water partition coefficient (Wildman–Crippen LogP) is 2.25. The highest BCUT2D eigenvalue weighted by atomic mass is 19.1. The summed E-state index contributed by atoms with van der Waals surface area (Å²) >= 11 is 0. The van der Waals surface area contributed by atoms with Crippen molar-refractivity contribution in [2.75, 3.05) is 50.6 Å². The Bertz CT molecular complexity index is 908. The van der Waals surface area contributed by atoms with Crippen LogP contribution >= 0.6 is 0 Å². The number of aromatic nitrogens is 2. The Morgan fingerprint density at radius 2 is 2.10 bits per heavy atom. The third kappa shape index (κ3) is 3.76. The van der Waals surface area contributed by atoms with Gasteiger partial charge in [0.05, 0.1) is 6.04 Å². The summed E-state index contributed by atoms with van der Waals surface area (Å²) in [5.74, 6) is 1.57. The molecule has 2 aliphatic heterocycles. The molecule has 1 aromatic heterocycles. The van der Waals surface area contributed by atoms with Crippen molar-refractivity contribution >= 4 is 17.7 Å². The smallest absolute Gasteiger partial charge is 0.249 e. The second kappa shape index (κ2) is 7.94. The Labute approximate surface area is 169 Å². The summed E-state index contributed by atoms with van der Waals surface area (Å²) in [5.41, 5.74) is 1.72. The van der Waals surface area contributed by atoms with E-state index >= 15 is 0 Å². The molecule has 0 unspecified atom stereocenters. The highest BCUT2D eigenvalue weighted by Crippen LogP contribution is 2.45. The number of nitrogens with zero attached hydrogens (tertiary/aromatic N) is 4. The van der Waals surface area contributed by atoms with Crippen molar-refractivity contribution in [3.8, 4) is 0 Å². The van der Waals surface area contributed by atoms with E-state index in [9.17, 15) is 9.18 Å². The van der Waals surface area contributed by atoms with Gasteiger partial charge in [-0.3, -0.25) is 4.79 Å². The van der Waals surface area contributed by atoms with Crippen LogP contribution < -0.4 is 10.2 Å². The molecule has 0 aliphatic carbocycles. The topological polar surface area (TPSA) is 70.6 Å². The number of benzene rings is 1.